The van der Waals surface area contributed by atoms with Crippen molar-refractivity contribution in [3.05, 3.63) is 58.1 Å². The molecule has 0 amide bonds. The van der Waals surface area contributed by atoms with Crippen LogP contribution in [0.2, 0.25) is 5.02 Å². The van der Waals surface area contributed by atoms with Gasteiger partial charge < -0.3 is 9.47 Å². The van der Waals surface area contributed by atoms with Crippen molar-refractivity contribution >= 4 is 17.9 Å². The van der Waals surface area contributed by atoms with E-state index in [-0.39, 0.29) is 23.2 Å². The second-order valence-corrected chi connectivity index (χ2v) is 5.41. The Hall–Kier alpha value is -2.42. The molecule has 0 N–H and O–H groups in total. The molecule has 0 fully saturated rings. The summed E-state index contributed by atoms with van der Waals surface area (Å²) in [5.74, 6) is -0.874. The number of benzene rings is 2. The number of alkyl halides is 6. The highest BCUT2D eigenvalue weighted by Gasteiger charge is 2.33. The molecule has 2 rings (SSSR count). The summed E-state index contributed by atoms with van der Waals surface area (Å²) in [5.41, 5.74) is -1.15. The fraction of sp³-hybridized carbons (Fsp3) is 0.188. The zero-order chi connectivity index (χ0) is 19.5. The van der Waals surface area contributed by atoms with Gasteiger partial charge in [0.25, 0.3) is 0 Å². The first kappa shape index (κ1) is 19.9. The maximum absolute atomic E-state index is 12.8. The Labute approximate surface area is 148 Å². The van der Waals surface area contributed by atoms with E-state index in [2.05, 4.69) is 4.74 Å². The lowest BCUT2D eigenvalue weighted by atomic mass is 10.1. The summed E-state index contributed by atoms with van der Waals surface area (Å²) >= 11 is 5.50. The zero-order valence-corrected chi connectivity index (χ0v) is 13.4. The van der Waals surface area contributed by atoms with Gasteiger partial charge in [-0.15, -0.1) is 13.2 Å². The molecule has 0 heterocycles. The highest BCUT2D eigenvalue weighted by molar-refractivity contribution is 6.31. The molecule has 0 saturated heterocycles. The summed E-state index contributed by atoms with van der Waals surface area (Å²) in [7, 11) is 0. The molecule has 0 spiro atoms. The predicted molar refractivity (Wildman–Crippen MR) is 79.3 cm³/mol. The molecule has 0 aliphatic carbocycles. The third-order valence-corrected chi connectivity index (χ3v) is 3.34. The fourth-order valence-corrected chi connectivity index (χ4v) is 2.21. The second-order valence-electron chi connectivity index (χ2n) is 5.00. The van der Waals surface area contributed by atoms with E-state index in [9.17, 15) is 31.1 Å². The van der Waals surface area contributed by atoms with Gasteiger partial charge in [0.05, 0.1) is 10.6 Å². The van der Waals surface area contributed by atoms with E-state index < -0.39 is 35.5 Å². The number of halogens is 7. The minimum Gasteiger partial charge on any atom is -0.489 e. The van der Waals surface area contributed by atoms with Gasteiger partial charge >= 0.3 is 12.5 Å². The third-order valence-electron chi connectivity index (χ3n) is 3.01. The van der Waals surface area contributed by atoms with E-state index >= 15 is 0 Å². The molecule has 2 aromatic rings. The molecule has 26 heavy (non-hydrogen) atoms. The van der Waals surface area contributed by atoms with Crippen LogP contribution in [0, 0.1) is 0 Å². The van der Waals surface area contributed by atoms with Gasteiger partial charge in [0.15, 0.2) is 0 Å². The van der Waals surface area contributed by atoms with E-state index in [1.807, 2.05) is 0 Å². The van der Waals surface area contributed by atoms with E-state index in [1.54, 1.807) is 0 Å². The van der Waals surface area contributed by atoms with Crippen LogP contribution >= 0.6 is 11.6 Å². The van der Waals surface area contributed by atoms with Crippen molar-refractivity contribution in [2.24, 2.45) is 0 Å². The highest BCUT2D eigenvalue weighted by Crippen LogP contribution is 2.35. The number of hydrogen-bond donors (Lipinski definition) is 0. The van der Waals surface area contributed by atoms with Gasteiger partial charge in [-0.05, 0) is 29.8 Å². The number of aldehydes is 1. The number of ether oxygens (including phenoxy) is 2. The highest BCUT2D eigenvalue weighted by atomic mass is 35.5. The Morgan fingerprint density at radius 3 is 2.19 bits per heavy atom. The molecule has 0 saturated carbocycles. The summed E-state index contributed by atoms with van der Waals surface area (Å²) in [5, 5.41) is -0.495. The van der Waals surface area contributed by atoms with E-state index in [0.29, 0.717) is 0 Å². The third kappa shape index (κ3) is 5.55. The average Bonchev–Trinajstić information content (AvgIpc) is 2.51. The lowest BCUT2D eigenvalue weighted by molar-refractivity contribution is -0.274. The smallest absolute Gasteiger partial charge is 0.489 e. The van der Waals surface area contributed by atoms with E-state index in [0.717, 1.165) is 30.3 Å². The van der Waals surface area contributed by atoms with Gasteiger partial charge in [0, 0.05) is 11.6 Å². The molecule has 0 bridgehead atoms. The maximum Gasteiger partial charge on any atom is 0.573 e. The molecule has 0 aliphatic heterocycles. The Balaban J connectivity index is 2.21. The van der Waals surface area contributed by atoms with E-state index in [1.165, 1.54) is 6.07 Å². The van der Waals surface area contributed by atoms with Gasteiger partial charge in [-0.25, -0.2) is 0 Å². The minimum absolute atomic E-state index is 0.0801. The number of hydrogen-bond acceptors (Lipinski definition) is 3. The average molecular weight is 399 g/mol. The van der Waals surface area contributed by atoms with Crippen LogP contribution in [0.3, 0.4) is 0 Å². The molecular formula is C16H9ClF6O3. The van der Waals surface area contributed by atoms with Crippen molar-refractivity contribution in [2.45, 2.75) is 19.1 Å². The van der Waals surface area contributed by atoms with Gasteiger partial charge in [-0.3, -0.25) is 4.79 Å². The van der Waals surface area contributed by atoms with Crippen LogP contribution in [0.5, 0.6) is 11.5 Å². The van der Waals surface area contributed by atoms with Crippen LogP contribution in [0.25, 0.3) is 0 Å². The largest absolute Gasteiger partial charge is 0.573 e. The summed E-state index contributed by atoms with van der Waals surface area (Å²) in [6.07, 6.45) is -9.37. The topological polar surface area (TPSA) is 35.5 Å². The van der Waals surface area contributed by atoms with Crippen LogP contribution in [0.1, 0.15) is 21.5 Å². The first-order valence-electron chi connectivity index (χ1n) is 6.82. The summed E-state index contributed by atoms with van der Waals surface area (Å²) < 4.78 is 84.2. The maximum atomic E-state index is 12.8. The van der Waals surface area contributed by atoms with Crippen molar-refractivity contribution in [2.75, 3.05) is 0 Å². The SMILES string of the molecule is O=Cc1cc(OCc2ccc(Cl)c(C(F)(F)F)c2)cc(OC(F)(F)F)c1. The Kier molecular flexibility index (Phi) is 5.70. The Morgan fingerprint density at radius 1 is 0.962 bits per heavy atom. The Bertz CT molecular complexity index is 802. The van der Waals surface area contributed by atoms with Gasteiger partial charge in [0.2, 0.25) is 0 Å². The second kappa shape index (κ2) is 7.45. The van der Waals surface area contributed by atoms with Crippen molar-refractivity contribution in [3.63, 3.8) is 0 Å². The molecule has 0 atom stereocenters. The van der Waals surface area contributed by atoms with Crippen LogP contribution < -0.4 is 9.47 Å². The predicted octanol–water partition coefficient (Wildman–Crippen LogP) is 5.65. The monoisotopic (exact) mass is 398 g/mol. The summed E-state index contributed by atoms with van der Waals surface area (Å²) in [4.78, 5) is 10.8. The number of carbonyl (C=O) groups is 1. The van der Waals surface area contributed by atoms with E-state index in [4.69, 9.17) is 16.3 Å². The summed E-state index contributed by atoms with van der Waals surface area (Å²) in [6.45, 7) is -0.395. The zero-order valence-electron chi connectivity index (χ0n) is 12.6. The molecule has 0 radical (unpaired) electrons. The lowest BCUT2D eigenvalue weighted by Gasteiger charge is -2.13. The molecule has 3 nitrogen and oxygen atoms in total. The van der Waals surface area contributed by atoms with Crippen LogP contribution in [0.4, 0.5) is 26.3 Å². The Morgan fingerprint density at radius 2 is 1.62 bits per heavy atom. The normalized spacial score (nSPS) is 12.0. The molecular weight excluding hydrogens is 390 g/mol. The molecule has 0 aromatic heterocycles. The number of carbonyl (C=O) groups excluding carboxylic acids is 1. The minimum atomic E-state index is -4.98. The first-order chi connectivity index (χ1) is 12.0. The molecule has 0 aliphatic rings. The molecule has 10 heteroatoms. The van der Waals surface area contributed by atoms with Crippen molar-refractivity contribution < 1.29 is 40.6 Å². The van der Waals surface area contributed by atoms with Gasteiger partial charge in [-0.2, -0.15) is 13.2 Å². The van der Waals surface area contributed by atoms with Gasteiger partial charge in [0.1, 0.15) is 24.4 Å². The quantitative estimate of drug-likeness (QED) is 0.482. The van der Waals surface area contributed by atoms with Gasteiger partial charge in [-0.1, -0.05) is 17.7 Å². The molecule has 0 unspecified atom stereocenters. The molecule has 140 valence electrons. The standard InChI is InChI=1S/C16H9ClF6O3/c17-14-2-1-9(5-13(14)15(18,19)20)8-25-11-3-10(7-24)4-12(6-11)26-16(21,22)23/h1-7H,8H2. The first-order valence-corrected chi connectivity index (χ1v) is 7.20. The fourth-order valence-electron chi connectivity index (χ4n) is 1.98. The lowest BCUT2D eigenvalue weighted by Crippen LogP contribution is -2.17. The van der Waals surface area contributed by atoms with Crippen molar-refractivity contribution in [1.29, 1.82) is 0 Å². The van der Waals surface area contributed by atoms with Crippen LogP contribution in [-0.4, -0.2) is 12.6 Å². The van der Waals surface area contributed by atoms with Crippen molar-refractivity contribution in [3.8, 4) is 11.5 Å². The van der Waals surface area contributed by atoms with Crippen molar-refractivity contribution in [1.82, 2.24) is 0 Å². The summed E-state index contributed by atoms with van der Waals surface area (Å²) in [6, 6.07) is 5.89. The van der Waals surface area contributed by atoms with Crippen LogP contribution in [-0.2, 0) is 12.8 Å². The number of rotatable bonds is 5. The van der Waals surface area contributed by atoms with Crippen LogP contribution in [0.15, 0.2) is 36.4 Å². The molecule has 2 aromatic carbocycles.